The number of amides is 1. The minimum atomic E-state index is -0.418. The van der Waals surface area contributed by atoms with Gasteiger partial charge in [-0.1, -0.05) is 55.8 Å². The molecule has 0 bridgehead atoms. The van der Waals surface area contributed by atoms with Gasteiger partial charge in [0.2, 0.25) is 5.91 Å². The zero-order chi connectivity index (χ0) is 23.6. The Morgan fingerprint density at radius 3 is 2.36 bits per heavy atom. The van der Waals surface area contributed by atoms with Gasteiger partial charge in [0.25, 0.3) is 0 Å². The highest BCUT2D eigenvalue weighted by atomic mass is 16.5. The number of primary amides is 1. The molecule has 3 rings (SSSR count). The first-order chi connectivity index (χ1) is 16.0. The van der Waals surface area contributed by atoms with Crippen molar-refractivity contribution in [2.24, 2.45) is 5.73 Å². The van der Waals surface area contributed by atoms with Crippen LogP contribution in [-0.4, -0.2) is 31.6 Å². The monoisotopic (exact) mass is 448 g/mol. The van der Waals surface area contributed by atoms with Crippen molar-refractivity contribution in [1.29, 1.82) is 0 Å². The van der Waals surface area contributed by atoms with Crippen LogP contribution in [0.15, 0.2) is 54.6 Å². The van der Waals surface area contributed by atoms with Gasteiger partial charge in [-0.05, 0) is 61.4 Å². The second kappa shape index (κ2) is 12.2. The summed E-state index contributed by atoms with van der Waals surface area (Å²) >= 11 is 0. The van der Waals surface area contributed by atoms with Gasteiger partial charge in [-0.3, -0.25) is 4.79 Å². The molecule has 0 aliphatic carbocycles. The van der Waals surface area contributed by atoms with E-state index in [1.807, 2.05) is 24.3 Å². The number of carbonyl (C=O) groups excluding carboxylic acids is 2. The minimum absolute atomic E-state index is 0.00607. The third-order valence-electron chi connectivity index (χ3n) is 6.34. The molecule has 2 aromatic rings. The Bertz CT molecular complexity index is 946. The molecule has 0 spiro atoms. The number of hydrogen-bond donors (Lipinski definition) is 1. The summed E-state index contributed by atoms with van der Waals surface area (Å²) in [5.74, 6) is -1.09. The summed E-state index contributed by atoms with van der Waals surface area (Å²) in [6, 6.07) is 16.2. The number of hydrogen-bond acceptors (Lipinski definition) is 4. The molecule has 2 aromatic carbocycles. The lowest BCUT2D eigenvalue weighted by atomic mass is 9.77. The summed E-state index contributed by atoms with van der Waals surface area (Å²) in [6.07, 6.45) is 8.65. The van der Waals surface area contributed by atoms with Crippen LogP contribution in [0.1, 0.15) is 74.5 Å². The average Bonchev–Trinajstić information content (AvgIpc) is 2.84. The zero-order valence-electron chi connectivity index (χ0n) is 19.8. The Morgan fingerprint density at radius 2 is 1.73 bits per heavy atom. The number of nitrogens with two attached hydrogens (primary N) is 1. The molecule has 1 heterocycles. The molecule has 1 saturated heterocycles. The van der Waals surface area contributed by atoms with Crippen LogP contribution < -0.4 is 10.6 Å². The molecule has 1 fully saturated rings. The number of nitrogens with zero attached hydrogens (tertiary/aromatic N) is 1. The first kappa shape index (κ1) is 24.6. The van der Waals surface area contributed by atoms with Crippen LogP contribution in [0.3, 0.4) is 0 Å². The van der Waals surface area contributed by atoms with Gasteiger partial charge in [-0.25, -0.2) is 4.79 Å². The Hall–Kier alpha value is -3.08. The third kappa shape index (κ3) is 6.47. The number of anilines is 1. The van der Waals surface area contributed by atoms with Crippen molar-refractivity contribution in [2.45, 2.75) is 57.8 Å². The predicted molar refractivity (Wildman–Crippen MR) is 134 cm³/mol. The first-order valence-corrected chi connectivity index (χ1v) is 12.1. The molecule has 0 saturated carbocycles. The Labute approximate surface area is 197 Å². The summed E-state index contributed by atoms with van der Waals surface area (Å²) in [4.78, 5) is 26.8. The second-order valence-corrected chi connectivity index (χ2v) is 8.63. The highest BCUT2D eigenvalue weighted by molar-refractivity contribution is 5.87. The standard InChI is InChI=1S/C28H36N2O3/c1-3-10-24(23-11-6-7-12-25(23)30-19-8-5-9-20-30)27(28(29)32)22-16-13-21(14-17-22)15-18-26(31)33-4-2/h6-7,11-18,24,27H,3-5,8-10,19-20H2,1-2H3,(H2,29,32)/b18-15+. The second-order valence-electron chi connectivity index (χ2n) is 8.63. The smallest absolute Gasteiger partial charge is 0.330 e. The quantitative estimate of drug-likeness (QED) is 0.390. The summed E-state index contributed by atoms with van der Waals surface area (Å²) in [7, 11) is 0. The van der Waals surface area contributed by atoms with Crippen LogP contribution in [0.2, 0.25) is 0 Å². The van der Waals surface area contributed by atoms with Crippen molar-refractivity contribution >= 4 is 23.6 Å². The van der Waals surface area contributed by atoms with Gasteiger partial charge in [0.05, 0.1) is 12.5 Å². The van der Waals surface area contributed by atoms with Gasteiger partial charge < -0.3 is 15.4 Å². The topological polar surface area (TPSA) is 72.6 Å². The van der Waals surface area contributed by atoms with Crippen LogP contribution in [0.4, 0.5) is 5.69 Å². The van der Waals surface area contributed by atoms with Gasteiger partial charge in [0, 0.05) is 30.8 Å². The zero-order valence-corrected chi connectivity index (χ0v) is 19.8. The SMILES string of the molecule is CCCC(c1ccccc1N1CCCCC1)C(C(N)=O)c1ccc(/C=C/C(=O)OCC)cc1. The van der Waals surface area contributed by atoms with E-state index in [0.29, 0.717) is 6.61 Å². The van der Waals surface area contributed by atoms with Crippen molar-refractivity contribution in [3.63, 3.8) is 0 Å². The van der Waals surface area contributed by atoms with Crippen LogP contribution in [0.25, 0.3) is 6.08 Å². The largest absolute Gasteiger partial charge is 0.463 e. The highest BCUT2D eigenvalue weighted by Gasteiger charge is 2.31. The van der Waals surface area contributed by atoms with Crippen LogP contribution >= 0.6 is 0 Å². The van der Waals surface area contributed by atoms with Crippen molar-refractivity contribution in [3.8, 4) is 0 Å². The van der Waals surface area contributed by atoms with Crippen molar-refractivity contribution in [3.05, 3.63) is 71.3 Å². The lowest BCUT2D eigenvalue weighted by Crippen LogP contribution is -2.32. The Balaban J connectivity index is 1.92. The van der Waals surface area contributed by atoms with Gasteiger partial charge in [-0.15, -0.1) is 0 Å². The van der Waals surface area contributed by atoms with E-state index in [9.17, 15) is 9.59 Å². The maximum absolute atomic E-state index is 12.8. The fourth-order valence-electron chi connectivity index (χ4n) is 4.80. The highest BCUT2D eigenvalue weighted by Crippen LogP contribution is 2.41. The van der Waals surface area contributed by atoms with E-state index in [1.54, 1.807) is 13.0 Å². The molecule has 2 atom stereocenters. The van der Waals surface area contributed by atoms with Gasteiger partial charge >= 0.3 is 5.97 Å². The Kier molecular flexibility index (Phi) is 9.11. The molecule has 2 unspecified atom stereocenters. The summed E-state index contributed by atoms with van der Waals surface area (Å²) < 4.78 is 4.93. The lowest BCUT2D eigenvalue weighted by Gasteiger charge is -2.34. The molecule has 5 nitrogen and oxygen atoms in total. The normalized spacial score (nSPS) is 15.9. The number of esters is 1. The number of ether oxygens (including phenoxy) is 1. The molecule has 0 radical (unpaired) electrons. The lowest BCUT2D eigenvalue weighted by molar-refractivity contribution is -0.137. The van der Waals surface area contributed by atoms with E-state index in [1.165, 1.54) is 36.6 Å². The average molecular weight is 449 g/mol. The van der Waals surface area contributed by atoms with Gasteiger partial charge in [0.15, 0.2) is 0 Å². The summed E-state index contributed by atoms with van der Waals surface area (Å²) in [6.45, 7) is 6.38. The van der Waals surface area contributed by atoms with Crippen LogP contribution in [0.5, 0.6) is 0 Å². The number of rotatable bonds is 10. The Morgan fingerprint density at radius 1 is 1.03 bits per heavy atom. The van der Waals surface area contributed by atoms with E-state index >= 15 is 0 Å². The van der Waals surface area contributed by atoms with Crippen LogP contribution in [-0.2, 0) is 14.3 Å². The summed E-state index contributed by atoms with van der Waals surface area (Å²) in [5.41, 5.74) is 10.2. The van der Waals surface area contributed by atoms with Crippen LogP contribution in [0, 0.1) is 0 Å². The third-order valence-corrected chi connectivity index (χ3v) is 6.34. The maximum atomic E-state index is 12.8. The predicted octanol–water partition coefficient (Wildman–Crippen LogP) is 5.41. The van der Waals surface area contributed by atoms with E-state index in [-0.39, 0.29) is 17.8 Å². The molecular weight excluding hydrogens is 412 g/mol. The van der Waals surface area contributed by atoms with Crippen molar-refractivity contribution < 1.29 is 14.3 Å². The number of carbonyl (C=O) groups is 2. The van der Waals surface area contributed by atoms with Crippen molar-refractivity contribution in [2.75, 3.05) is 24.6 Å². The molecule has 1 aliphatic rings. The molecule has 1 aliphatic heterocycles. The van der Waals surface area contributed by atoms with Gasteiger partial charge in [-0.2, -0.15) is 0 Å². The minimum Gasteiger partial charge on any atom is -0.463 e. The fourth-order valence-corrected chi connectivity index (χ4v) is 4.80. The summed E-state index contributed by atoms with van der Waals surface area (Å²) in [5, 5.41) is 0. The molecule has 33 heavy (non-hydrogen) atoms. The molecule has 2 N–H and O–H groups in total. The molecule has 176 valence electrons. The van der Waals surface area contributed by atoms with Gasteiger partial charge in [0.1, 0.15) is 0 Å². The number of benzene rings is 2. The van der Waals surface area contributed by atoms with Crippen molar-refractivity contribution in [1.82, 2.24) is 0 Å². The number of para-hydroxylation sites is 1. The molecule has 0 aromatic heterocycles. The first-order valence-electron chi connectivity index (χ1n) is 12.1. The maximum Gasteiger partial charge on any atom is 0.330 e. The van der Waals surface area contributed by atoms with E-state index < -0.39 is 5.92 Å². The fraction of sp³-hybridized carbons (Fsp3) is 0.429. The number of piperidine rings is 1. The molecule has 5 heteroatoms. The molecular formula is C28H36N2O3. The van der Waals surface area contributed by atoms with E-state index in [2.05, 4.69) is 36.1 Å². The molecule has 1 amide bonds. The van der Waals surface area contributed by atoms with E-state index in [4.69, 9.17) is 10.5 Å². The van der Waals surface area contributed by atoms with E-state index in [0.717, 1.165) is 37.1 Å².